The SMILES string of the molecule is CCCNCc1c(C)nn(C)c1Oc1cccc(F)c1F. The van der Waals surface area contributed by atoms with Crippen molar-refractivity contribution in [3.05, 3.63) is 41.1 Å². The first-order chi connectivity index (χ1) is 10.0. The van der Waals surface area contributed by atoms with Gasteiger partial charge in [0.25, 0.3) is 0 Å². The van der Waals surface area contributed by atoms with E-state index in [1.165, 1.54) is 16.8 Å². The molecule has 0 saturated carbocycles. The van der Waals surface area contributed by atoms with Gasteiger partial charge in [-0.2, -0.15) is 9.49 Å². The lowest BCUT2D eigenvalue weighted by Crippen LogP contribution is -2.14. The van der Waals surface area contributed by atoms with E-state index in [9.17, 15) is 8.78 Å². The maximum atomic E-state index is 13.7. The molecule has 1 aromatic heterocycles. The minimum atomic E-state index is -0.996. The molecule has 0 spiro atoms. The van der Waals surface area contributed by atoms with Gasteiger partial charge >= 0.3 is 0 Å². The highest BCUT2D eigenvalue weighted by Gasteiger charge is 2.18. The monoisotopic (exact) mass is 295 g/mol. The first kappa shape index (κ1) is 15.4. The van der Waals surface area contributed by atoms with Crippen LogP contribution in [0.2, 0.25) is 0 Å². The molecule has 0 saturated heterocycles. The molecule has 1 heterocycles. The molecule has 2 aromatic rings. The maximum Gasteiger partial charge on any atom is 0.222 e. The van der Waals surface area contributed by atoms with Gasteiger partial charge in [-0.25, -0.2) is 9.07 Å². The van der Waals surface area contributed by atoms with Crippen molar-refractivity contribution in [3.63, 3.8) is 0 Å². The number of hydrogen-bond donors (Lipinski definition) is 1. The molecule has 6 heteroatoms. The van der Waals surface area contributed by atoms with Crippen LogP contribution in [0, 0.1) is 18.6 Å². The van der Waals surface area contributed by atoms with E-state index < -0.39 is 11.6 Å². The van der Waals surface area contributed by atoms with Gasteiger partial charge in [-0.3, -0.25) is 0 Å². The summed E-state index contributed by atoms with van der Waals surface area (Å²) in [5.41, 5.74) is 1.64. The highest BCUT2D eigenvalue weighted by molar-refractivity contribution is 5.36. The average Bonchev–Trinajstić information content (AvgIpc) is 2.71. The Balaban J connectivity index is 2.28. The number of nitrogens with zero attached hydrogens (tertiary/aromatic N) is 2. The largest absolute Gasteiger partial charge is 0.436 e. The lowest BCUT2D eigenvalue weighted by atomic mass is 10.2. The molecule has 21 heavy (non-hydrogen) atoms. The molecule has 0 unspecified atom stereocenters. The Morgan fingerprint density at radius 1 is 1.33 bits per heavy atom. The van der Waals surface area contributed by atoms with Crippen LogP contribution in [0.3, 0.4) is 0 Å². The van der Waals surface area contributed by atoms with Gasteiger partial charge in [-0.05, 0) is 32.0 Å². The summed E-state index contributed by atoms with van der Waals surface area (Å²) in [6.07, 6.45) is 1.01. The molecule has 0 bridgehead atoms. The zero-order chi connectivity index (χ0) is 15.4. The summed E-state index contributed by atoms with van der Waals surface area (Å²) in [4.78, 5) is 0. The third-order valence-corrected chi connectivity index (χ3v) is 3.14. The van der Waals surface area contributed by atoms with Gasteiger partial charge in [0.2, 0.25) is 11.7 Å². The zero-order valence-electron chi connectivity index (χ0n) is 12.4. The van der Waals surface area contributed by atoms with Gasteiger partial charge in [0.15, 0.2) is 11.6 Å². The van der Waals surface area contributed by atoms with Crippen LogP contribution in [-0.4, -0.2) is 16.3 Å². The van der Waals surface area contributed by atoms with Crippen LogP contribution >= 0.6 is 0 Å². The van der Waals surface area contributed by atoms with E-state index in [-0.39, 0.29) is 5.75 Å². The van der Waals surface area contributed by atoms with Crippen LogP contribution in [0.4, 0.5) is 8.78 Å². The number of hydrogen-bond acceptors (Lipinski definition) is 3. The van der Waals surface area contributed by atoms with Gasteiger partial charge in [-0.15, -0.1) is 0 Å². The number of halogens is 2. The van der Waals surface area contributed by atoms with E-state index in [0.717, 1.165) is 30.3 Å². The van der Waals surface area contributed by atoms with Crippen molar-refractivity contribution >= 4 is 0 Å². The Hall–Kier alpha value is -1.95. The molecule has 1 aromatic carbocycles. The fourth-order valence-electron chi connectivity index (χ4n) is 2.07. The number of nitrogens with one attached hydrogen (secondary N) is 1. The van der Waals surface area contributed by atoms with Crippen LogP contribution in [0.25, 0.3) is 0 Å². The van der Waals surface area contributed by atoms with Crippen molar-refractivity contribution in [2.75, 3.05) is 6.54 Å². The molecule has 2 rings (SSSR count). The number of aryl methyl sites for hydroxylation is 2. The third-order valence-electron chi connectivity index (χ3n) is 3.14. The van der Waals surface area contributed by atoms with Crippen molar-refractivity contribution in [2.45, 2.75) is 26.8 Å². The number of aromatic nitrogens is 2. The summed E-state index contributed by atoms with van der Waals surface area (Å²) in [6, 6.07) is 3.86. The van der Waals surface area contributed by atoms with Gasteiger partial charge in [0.1, 0.15) is 0 Å². The van der Waals surface area contributed by atoms with E-state index in [1.807, 2.05) is 6.92 Å². The quantitative estimate of drug-likeness (QED) is 0.831. The maximum absolute atomic E-state index is 13.7. The lowest BCUT2D eigenvalue weighted by molar-refractivity contribution is 0.383. The highest BCUT2D eigenvalue weighted by atomic mass is 19.2. The van der Waals surface area contributed by atoms with Gasteiger partial charge < -0.3 is 10.1 Å². The summed E-state index contributed by atoms with van der Waals surface area (Å²) in [6.45, 7) is 5.36. The topological polar surface area (TPSA) is 39.1 Å². The standard InChI is InChI=1S/C15H19F2N3O/c1-4-8-18-9-11-10(2)19-20(3)15(11)21-13-7-5-6-12(16)14(13)17/h5-7,18H,4,8-9H2,1-3H3. The van der Waals surface area contributed by atoms with Crippen molar-refractivity contribution in [3.8, 4) is 11.6 Å². The molecule has 0 radical (unpaired) electrons. The second-order valence-corrected chi connectivity index (χ2v) is 4.82. The van der Waals surface area contributed by atoms with Gasteiger partial charge in [0.05, 0.1) is 11.3 Å². The summed E-state index contributed by atoms with van der Waals surface area (Å²) >= 11 is 0. The smallest absolute Gasteiger partial charge is 0.222 e. The molecular formula is C15H19F2N3O. The van der Waals surface area contributed by atoms with E-state index in [2.05, 4.69) is 17.3 Å². The Morgan fingerprint density at radius 3 is 2.81 bits per heavy atom. The lowest BCUT2D eigenvalue weighted by Gasteiger charge is -2.10. The molecular weight excluding hydrogens is 276 g/mol. The summed E-state index contributed by atoms with van der Waals surface area (Å²) in [5, 5.41) is 7.53. The average molecular weight is 295 g/mol. The van der Waals surface area contributed by atoms with E-state index in [1.54, 1.807) is 7.05 Å². The summed E-state index contributed by atoms with van der Waals surface area (Å²) < 4.78 is 34.0. The number of ether oxygens (including phenoxy) is 1. The van der Waals surface area contributed by atoms with E-state index >= 15 is 0 Å². The molecule has 1 N–H and O–H groups in total. The Morgan fingerprint density at radius 2 is 2.10 bits per heavy atom. The zero-order valence-corrected chi connectivity index (χ0v) is 12.4. The highest BCUT2D eigenvalue weighted by Crippen LogP contribution is 2.29. The molecule has 0 aliphatic carbocycles. The van der Waals surface area contributed by atoms with Crippen molar-refractivity contribution in [1.29, 1.82) is 0 Å². The fraction of sp³-hybridized carbons (Fsp3) is 0.400. The van der Waals surface area contributed by atoms with Gasteiger partial charge in [-0.1, -0.05) is 13.0 Å². The molecule has 0 aliphatic rings. The Kier molecular flexibility index (Phi) is 4.90. The summed E-state index contributed by atoms with van der Waals surface area (Å²) in [7, 11) is 1.71. The predicted octanol–water partition coefficient (Wildman–Crippen LogP) is 3.30. The first-order valence-corrected chi connectivity index (χ1v) is 6.89. The van der Waals surface area contributed by atoms with Crippen molar-refractivity contribution < 1.29 is 13.5 Å². The van der Waals surface area contributed by atoms with E-state index in [0.29, 0.717) is 12.4 Å². The van der Waals surface area contributed by atoms with Crippen molar-refractivity contribution in [2.24, 2.45) is 7.05 Å². The van der Waals surface area contributed by atoms with Crippen LogP contribution in [-0.2, 0) is 13.6 Å². The van der Waals surface area contributed by atoms with Crippen LogP contribution in [0.15, 0.2) is 18.2 Å². The van der Waals surface area contributed by atoms with Crippen LogP contribution < -0.4 is 10.1 Å². The first-order valence-electron chi connectivity index (χ1n) is 6.89. The molecule has 114 valence electrons. The van der Waals surface area contributed by atoms with E-state index in [4.69, 9.17) is 4.74 Å². The molecule has 0 atom stereocenters. The minimum absolute atomic E-state index is 0.144. The number of rotatable bonds is 6. The molecule has 0 fully saturated rings. The third kappa shape index (κ3) is 3.39. The second kappa shape index (κ2) is 6.67. The molecule has 4 nitrogen and oxygen atoms in total. The van der Waals surface area contributed by atoms with Crippen LogP contribution in [0.1, 0.15) is 24.6 Å². The van der Waals surface area contributed by atoms with Gasteiger partial charge in [0, 0.05) is 13.6 Å². The number of benzene rings is 1. The van der Waals surface area contributed by atoms with Crippen molar-refractivity contribution in [1.82, 2.24) is 15.1 Å². The van der Waals surface area contributed by atoms with Crippen LogP contribution in [0.5, 0.6) is 11.6 Å². The normalized spacial score (nSPS) is 10.9. The summed E-state index contributed by atoms with van der Waals surface area (Å²) in [5.74, 6) is -1.66. The second-order valence-electron chi connectivity index (χ2n) is 4.82. The predicted molar refractivity (Wildman–Crippen MR) is 76.4 cm³/mol. The minimum Gasteiger partial charge on any atom is -0.436 e. The molecule has 0 aliphatic heterocycles. The fourth-order valence-corrected chi connectivity index (χ4v) is 2.07. The Labute approximate surface area is 122 Å². The molecule has 0 amide bonds. The Bertz CT molecular complexity index is 626.